The van der Waals surface area contributed by atoms with E-state index in [2.05, 4.69) is 25.3 Å². The lowest BCUT2D eigenvalue weighted by atomic mass is 10.3. The summed E-state index contributed by atoms with van der Waals surface area (Å²) >= 11 is 1.35. The first kappa shape index (κ1) is 16.4. The molecule has 0 bridgehead atoms. The summed E-state index contributed by atoms with van der Waals surface area (Å²) in [5.74, 6) is 0.571. The largest absolute Gasteiger partial charge is 0.342 e. The molecule has 0 spiro atoms. The van der Waals surface area contributed by atoms with E-state index in [0.717, 1.165) is 27.6 Å². The minimum atomic E-state index is -0.241. The number of rotatable bonds is 4. The Labute approximate surface area is 154 Å². The van der Waals surface area contributed by atoms with Crippen molar-refractivity contribution in [1.82, 2.24) is 25.3 Å². The molecule has 1 atom stereocenters. The van der Waals surface area contributed by atoms with Crippen molar-refractivity contribution >= 4 is 28.3 Å². The molecule has 0 aliphatic carbocycles. The summed E-state index contributed by atoms with van der Waals surface area (Å²) < 4.78 is 0. The number of hydrogen-bond donors (Lipinski definition) is 2. The number of nitrogens with zero attached hydrogens (tertiary/aromatic N) is 3. The molecular weight excluding hydrogens is 346 g/mol. The highest BCUT2D eigenvalue weighted by Crippen LogP contribution is 2.27. The molecule has 0 radical (unpaired) electrons. The Morgan fingerprint density at radius 1 is 1.15 bits per heavy atom. The van der Waals surface area contributed by atoms with Gasteiger partial charge in [0, 0.05) is 6.20 Å². The molecule has 0 fully saturated rings. The van der Waals surface area contributed by atoms with Gasteiger partial charge >= 0.3 is 0 Å². The standard InChI is InChI=1S/C19H17N5OS/c1-11-16(26-19(22-11)15-9-5-6-10-20-15)18(25)21-12(2)17-23-13-7-3-4-8-14(13)24-17/h3-10,12H,1-2H3,(H,21,25)(H,23,24). The normalized spacial score (nSPS) is 12.2. The molecule has 7 heteroatoms. The van der Waals surface area contributed by atoms with Crippen LogP contribution in [0.25, 0.3) is 21.7 Å². The van der Waals surface area contributed by atoms with Crippen LogP contribution in [0.15, 0.2) is 48.7 Å². The summed E-state index contributed by atoms with van der Waals surface area (Å²) in [5, 5.41) is 3.74. The molecule has 0 saturated heterocycles. The lowest BCUT2D eigenvalue weighted by Gasteiger charge is -2.10. The summed E-state index contributed by atoms with van der Waals surface area (Å²) in [6, 6.07) is 13.2. The van der Waals surface area contributed by atoms with Crippen molar-refractivity contribution in [3.8, 4) is 10.7 Å². The van der Waals surface area contributed by atoms with Crippen LogP contribution in [0.2, 0.25) is 0 Å². The molecule has 3 heterocycles. The van der Waals surface area contributed by atoms with Crippen molar-refractivity contribution in [3.63, 3.8) is 0 Å². The number of fused-ring (bicyclic) bond motifs is 1. The third kappa shape index (κ3) is 3.09. The number of aromatic nitrogens is 4. The SMILES string of the molecule is Cc1nc(-c2ccccn2)sc1C(=O)NC(C)c1nc2ccccc2[nH]1. The highest BCUT2D eigenvalue weighted by molar-refractivity contribution is 7.17. The van der Waals surface area contributed by atoms with Gasteiger partial charge < -0.3 is 10.3 Å². The predicted octanol–water partition coefficient (Wildman–Crippen LogP) is 3.88. The van der Waals surface area contributed by atoms with E-state index in [9.17, 15) is 4.79 Å². The lowest BCUT2D eigenvalue weighted by Crippen LogP contribution is -2.27. The van der Waals surface area contributed by atoms with Gasteiger partial charge in [0.2, 0.25) is 0 Å². The third-order valence-corrected chi connectivity index (χ3v) is 5.23. The smallest absolute Gasteiger partial charge is 0.263 e. The van der Waals surface area contributed by atoms with E-state index in [-0.39, 0.29) is 11.9 Å². The van der Waals surface area contributed by atoms with E-state index >= 15 is 0 Å². The van der Waals surface area contributed by atoms with Crippen LogP contribution in [0.4, 0.5) is 0 Å². The molecule has 1 amide bonds. The molecule has 0 saturated carbocycles. The highest BCUT2D eigenvalue weighted by Gasteiger charge is 2.20. The van der Waals surface area contributed by atoms with Crippen molar-refractivity contribution in [3.05, 3.63) is 65.1 Å². The zero-order valence-corrected chi connectivity index (χ0v) is 15.2. The second kappa shape index (κ2) is 6.68. The van der Waals surface area contributed by atoms with Gasteiger partial charge in [0.1, 0.15) is 15.7 Å². The van der Waals surface area contributed by atoms with Gasteiger partial charge in [-0.1, -0.05) is 18.2 Å². The van der Waals surface area contributed by atoms with E-state index in [1.54, 1.807) is 6.20 Å². The molecule has 1 aromatic carbocycles. The van der Waals surface area contributed by atoms with E-state index in [4.69, 9.17) is 0 Å². The number of benzene rings is 1. The molecule has 4 aromatic rings. The Hall–Kier alpha value is -3.06. The number of thiazole rings is 1. The van der Waals surface area contributed by atoms with Gasteiger partial charge in [-0.3, -0.25) is 9.78 Å². The quantitative estimate of drug-likeness (QED) is 0.576. The lowest BCUT2D eigenvalue weighted by molar-refractivity contribution is 0.0941. The molecular formula is C19H17N5OS. The number of hydrogen-bond acceptors (Lipinski definition) is 5. The Balaban J connectivity index is 1.55. The van der Waals surface area contributed by atoms with Crippen LogP contribution in [-0.4, -0.2) is 25.8 Å². The predicted molar refractivity (Wildman–Crippen MR) is 102 cm³/mol. The van der Waals surface area contributed by atoms with Crippen LogP contribution < -0.4 is 5.32 Å². The van der Waals surface area contributed by atoms with Gasteiger partial charge in [-0.05, 0) is 38.1 Å². The number of aromatic amines is 1. The molecule has 3 aromatic heterocycles. The molecule has 4 rings (SSSR count). The Bertz CT molecular complexity index is 1040. The fourth-order valence-electron chi connectivity index (χ4n) is 2.71. The number of aryl methyl sites for hydroxylation is 1. The Kier molecular flexibility index (Phi) is 4.22. The van der Waals surface area contributed by atoms with E-state index in [1.165, 1.54) is 11.3 Å². The van der Waals surface area contributed by atoms with Crippen LogP contribution in [0, 0.1) is 6.92 Å². The van der Waals surface area contributed by atoms with Crippen LogP contribution in [0.5, 0.6) is 0 Å². The van der Waals surface area contributed by atoms with Crippen molar-refractivity contribution in [2.45, 2.75) is 19.9 Å². The van der Waals surface area contributed by atoms with Crippen molar-refractivity contribution in [2.24, 2.45) is 0 Å². The van der Waals surface area contributed by atoms with E-state index in [1.807, 2.05) is 56.3 Å². The third-order valence-electron chi connectivity index (χ3n) is 4.05. The van der Waals surface area contributed by atoms with Crippen LogP contribution in [0.3, 0.4) is 0 Å². The minimum Gasteiger partial charge on any atom is -0.342 e. The molecule has 130 valence electrons. The van der Waals surface area contributed by atoms with E-state index in [0.29, 0.717) is 10.6 Å². The number of imidazole rings is 1. The average molecular weight is 363 g/mol. The maximum atomic E-state index is 12.7. The summed E-state index contributed by atoms with van der Waals surface area (Å²) in [4.78, 5) is 29.9. The number of carbonyl (C=O) groups excluding carboxylic acids is 1. The first-order valence-corrected chi connectivity index (χ1v) is 9.08. The topological polar surface area (TPSA) is 83.6 Å². The second-order valence-electron chi connectivity index (χ2n) is 5.98. The average Bonchev–Trinajstić information content (AvgIpc) is 3.26. The van der Waals surface area contributed by atoms with Crippen molar-refractivity contribution < 1.29 is 4.79 Å². The van der Waals surface area contributed by atoms with Gasteiger partial charge in [0.15, 0.2) is 0 Å². The highest BCUT2D eigenvalue weighted by atomic mass is 32.1. The minimum absolute atomic E-state index is 0.157. The molecule has 1 unspecified atom stereocenters. The van der Waals surface area contributed by atoms with Crippen LogP contribution >= 0.6 is 11.3 Å². The van der Waals surface area contributed by atoms with Crippen LogP contribution in [0.1, 0.15) is 34.2 Å². The zero-order valence-electron chi connectivity index (χ0n) is 14.4. The monoisotopic (exact) mass is 363 g/mol. The van der Waals surface area contributed by atoms with Gasteiger partial charge in [0.25, 0.3) is 5.91 Å². The number of pyridine rings is 1. The number of nitrogens with one attached hydrogen (secondary N) is 2. The van der Waals surface area contributed by atoms with Gasteiger partial charge in [-0.25, -0.2) is 9.97 Å². The zero-order chi connectivity index (χ0) is 18.1. The molecule has 0 aliphatic heterocycles. The van der Waals surface area contributed by atoms with Crippen molar-refractivity contribution in [2.75, 3.05) is 0 Å². The maximum Gasteiger partial charge on any atom is 0.263 e. The summed E-state index contributed by atoms with van der Waals surface area (Å²) in [7, 11) is 0. The van der Waals surface area contributed by atoms with Gasteiger partial charge in [-0.2, -0.15) is 0 Å². The fourth-order valence-corrected chi connectivity index (χ4v) is 3.66. The van der Waals surface area contributed by atoms with E-state index < -0.39 is 0 Å². The fraction of sp³-hybridized carbons (Fsp3) is 0.158. The summed E-state index contributed by atoms with van der Waals surface area (Å²) in [6.07, 6.45) is 1.72. The Morgan fingerprint density at radius 2 is 1.96 bits per heavy atom. The second-order valence-corrected chi connectivity index (χ2v) is 6.98. The summed E-state index contributed by atoms with van der Waals surface area (Å²) in [6.45, 7) is 3.75. The molecule has 26 heavy (non-hydrogen) atoms. The first-order chi connectivity index (χ1) is 12.6. The molecule has 0 aliphatic rings. The van der Waals surface area contributed by atoms with Gasteiger partial charge in [0.05, 0.1) is 28.5 Å². The molecule has 2 N–H and O–H groups in total. The Morgan fingerprint density at radius 3 is 2.73 bits per heavy atom. The number of H-pyrrole nitrogens is 1. The number of carbonyl (C=O) groups is 1. The number of para-hydroxylation sites is 2. The van der Waals surface area contributed by atoms with Gasteiger partial charge in [-0.15, -0.1) is 11.3 Å². The van der Waals surface area contributed by atoms with Crippen LogP contribution in [-0.2, 0) is 0 Å². The maximum absolute atomic E-state index is 12.7. The summed E-state index contributed by atoms with van der Waals surface area (Å²) in [5.41, 5.74) is 3.31. The first-order valence-electron chi connectivity index (χ1n) is 8.26. The molecule has 6 nitrogen and oxygen atoms in total. The van der Waals surface area contributed by atoms with Crippen molar-refractivity contribution in [1.29, 1.82) is 0 Å². The number of amides is 1.